The van der Waals surface area contributed by atoms with Gasteiger partial charge in [-0.25, -0.2) is 4.98 Å². The van der Waals surface area contributed by atoms with E-state index in [-0.39, 0.29) is 6.01 Å². The number of para-hydroxylation sites is 1. The van der Waals surface area contributed by atoms with E-state index in [9.17, 15) is 0 Å². The zero-order valence-corrected chi connectivity index (χ0v) is 10.3. The van der Waals surface area contributed by atoms with Gasteiger partial charge in [-0.1, -0.05) is 12.1 Å². The quantitative estimate of drug-likeness (QED) is 0.889. The van der Waals surface area contributed by atoms with Crippen molar-refractivity contribution in [1.29, 1.82) is 5.26 Å². The number of anilines is 1. The number of hydrogen-bond acceptors (Lipinski definition) is 5. The molecule has 1 aliphatic rings. The Kier molecular flexibility index (Phi) is 2.99. The highest BCUT2D eigenvalue weighted by Gasteiger charge is 2.14. The van der Waals surface area contributed by atoms with Crippen molar-refractivity contribution < 1.29 is 4.74 Å². The fraction of sp³-hybridized carbons (Fsp3) is 0.214. The lowest BCUT2D eigenvalue weighted by Gasteiger charge is -2.20. The third kappa shape index (κ3) is 2.33. The molecule has 0 spiro atoms. The summed E-state index contributed by atoms with van der Waals surface area (Å²) in [6.45, 7) is 0.937. The molecule has 2 aromatic rings. The van der Waals surface area contributed by atoms with E-state index in [1.807, 2.05) is 18.2 Å². The minimum Gasteiger partial charge on any atom is -0.422 e. The number of rotatable bonds is 2. The molecular formula is C14H12N4O. The second-order valence-electron chi connectivity index (χ2n) is 4.26. The molecule has 94 valence electrons. The summed E-state index contributed by atoms with van der Waals surface area (Å²) in [7, 11) is 0. The van der Waals surface area contributed by atoms with Gasteiger partial charge in [-0.05, 0) is 30.5 Å². The Morgan fingerprint density at radius 2 is 2.26 bits per heavy atom. The molecule has 0 unspecified atom stereocenters. The molecule has 0 bridgehead atoms. The molecule has 0 aliphatic carbocycles. The lowest BCUT2D eigenvalue weighted by atomic mass is 10.0. The van der Waals surface area contributed by atoms with Crippen molar-refractivity contribution in [2.45, 2.75) is 12.8 Å². The average Bonchev–Trinajstić information content (AvgIpc) is 2.48. The highest BCUT2D eigenvalue weighted by molar-refractivity contribution is 5.63. The summed E-state index contributed by atoms with van der Waals surface area (Å²) in [6.07, 6.45) is 3.68. The van der Waals surface area contributed by atoms with Crippen LogP contribution in [0.2, 0.25) is 0 Å². The largest absolute Gasteiger partial charge is 0.422 e. The summed E-state index contributed by atoms with van der Waals surface area (Å²) in [6, 6.07) is 9.62. The van der Waals surface area contributed by atoms with Crippen LogP contribution in [0.25, 0.3) is 0 Å². The van der Waals surface area contributed by atoms with E-state index in [1.165, 1.54) is 11.8 Å². The summed E-state index contributed by atoms with van der Waals surface area (Å²) in [5.74, 6) is 0.701. The Bertz CT molecular complexity index is 648. The zero-order chi connectivity index (χ0) is 13.1. The van der Waals surface area contributed by atoms with Gasteiger partial charge in [0.1, 0.15) is 11.8 Å². The van der Waals surface area contributed by atoms with E-state index in [1.54, 1.807) is 6.07 Å². The Balaban J connectivity index is 1.93. The second-order valence-corrected chi connectivity index (χ2v) is 4.26. The van der Waals surface area contributed by atoms with E-state index in [2.05, 4.69) is 21.4 Å². The first kappa shape index (κ1) is 11.5. The molecular weight excluding hydrogens is 240 g/mol. The highest BCUT2D eigenvalue weighted by atomic mass is 16.5. The van der Waals surface area contributed by atoms with Gasteiger partial charge in [0.15, 0.2) is 5.75 Å². The van der Waals surface area contributed by atoms with Gasteiger partial charge < -0.3 is 10.1 Å². The first-order chi connectivity index (χ1) is 9.36. The molecule has 0 saturated carbocycles. The first-order valence-electron chi connectivity index (χ1n) is 6.13. The number of benzene rings is 1. The SMILES string of the molecule is N#Cc1ccnc(Oc2cccc3c2NCCC3)n1. The molecule has 1 aromatic carbocycles. The maximum atomic E-state index is 8.81. The maximum absolute atomic E-state index is 8.81. The number of ether oxygens (including phenoxy) is 1. The van der Waals surface area contributed by atoms with Crippen LogP contribution >= 0.6 is 0 Å². The molecule has 5 heteroatoms. The van der Waals surface area contributed by atoms with Crippen LogP contribution in [0.1, 0.15) is 17.7 Å². The molecule has 5 nitrogen and oxygen atoms in total. The van der Waals surface area contributed by atoms with Gasteiger partial charge in [-0.2, -0.15) is 10.2 Å². The third-order valence-electron chi connectivity index (χ3n) is 2.99. The summed E-state index contributed by atoms with van der Waals surface area (Å²) in [5, 5.41) is 12.1. The van der Waals surface area contributed by atoms with E-state index >= 15 is 0 Å². The maximum Gasteiger partial charge on any atom is 0.323 e. The molecule has 0 atom stereocenters. The van der Waals surface area contributed by atoms with Crippen molar-refractivity contribution >= 4 is 5.69 Å². The Morgan fingerprint density at radius 3 is 3.16 bits per heavy atom. The van der Waals surface area contributed by atoms with Gasteiger partial charge in [-0.15, -0.1) is 0 Å². The van der Waals surface area contributed by atoms with Gasteiger partial charge in [0, 0.05) is 12.7 Å². The standard InChI is InChI=1S/C14H12N4O/c15-9-11-6-8-17-14(18-11)19-12-5-1-3-10-4-2-7-16-13(10)12/h1,3,5-6,8,16H,2,4,7H2. The molecule has 0 amide bonds. The molecule has 19 heavy (non-hydrogen) atoms. The predicted octanol–water partition coefficient (Wildman–Crippen LogP) is 2.50. The smallest absolute Gasteiger partial charge is 0.323 e. The fourth-order valence-electron chi connectivity index (χ4n) is 2.11. The van der Waals surface area contributed by atoms with Crippen LogP contribution in [0.3, 0.4) is 0 Å². The molecule has 1 N–H and O–H groups in total. The number of nitriles is 1. The number of aromatic nitrogens is 2. The molecule has 0 radical (unpaired) electrons. The lowest BCUT2D eigenvalue weighted by Crippen LogP contribution is -2.12. The normalized spacial score (nSPS) is 13.0. The van der Waals surface area contributed by atoms with Crippen molar-refractivity contribution in [2.75, 3.05) is 11.9 Å². The van der Waals surface area contributed by atoms with Crippen molar-refractivity contribution in [3.8, 4) is 17.8 Å². The van der Waals surface area contributed by atoms with Crippen LogP contribution < -0.4 is 10.1 Å². The van der Waals surface area contributed by atoms with Gasteiger partial charge in [-0.3, -0.25) is 0 Å². The fourth-order valence-corrected chi connectivity index (χ4v) is 2.11. The average molecular weight is 252 g/mol. The predicted molar refractivity (Wildman–Crippen MR) is 70.1 cm³/mol. The van der Waals surface area contributed by atoms with Crippen LogP contribution in [-0.2, 0) is 6.42 Å². The Hall–Kier alpha value is -2.61. The second kappa shape index (κ2) is 4.94. The minimum absolute atomic E-state index is 0.194. The first-order valence-corrected chi connectivity index (χ1v) is 6.13. The van der Waals surface area contributed by atoms with Crippen LogP contribution in [0.15, 0.2) is 30.5 Å². The van der Waals surface area contributed by atoms with Crippen molar-refractivity contribution in [3.63, 3.8) is 0 Å². The zero-order valence-electron chi connectivity index (χ0n) is 10.3. The number of hydrogen-bond donors (Lipinski definition) is 1. The van der Waals surface area contributed by atoms with E-state index in [0.717, 1.165) is 25.1 Å². The number of nitrogens with zero attached hydrogens (tertiary/aromatic N) is 3. The Morgan fingerprint density at radius 1 is 1.32 bits per heavy atom. The molecule has 2 heterocycles. The summed E-state index contributed by atoms with van der Waals surface area (Å²) in [5.41, 5.74) is 2.53. The monoisotopic (exact) mass is 252 g/mol. The van der Waals surface area contributed by atoms with Crippen molar-refractivity contribution in [1.82, 2.24) is 9.97 Å². The van der Waals surface area contributed by atoms with Gasteiger partial charge in [0.05, 0.1) is 5.69 Å². The molecule has 0 fully saturated rings. The molecule has 1 aliphatic heterocycles. The summed E-state index contributed by atoms with van der Waals surface area (Å²) >= 11 is 0. The van der Waals surface area contributed by atoms with E-state index in [4.69, 9.17) is 10.00 Å². The van der Waals surface area contributed by atoms with Gasteiger partial charge in [0.25, 0.3) is 0 Å². The minimum atomic E-state index is 0.194. The third-order valence-corrected chi connectivity index (χ3v) is 2.99. The van der Waals surface area contributed by atoms with Crippen LogP contribution in [0, 0.1) is 11.3 Å². The Labute approximate surface area is 110 Å². The molecule has 0 saturated heterocycles. The van der Waals surface area contributed by atoms with Crippen molar-refractivity contribution in [3.05, 3.63) is 41.7 Å². The van der Waals surface area contributed by atoms with Crippen molar-refractivity contribution in [2.24, 2.45) is 0 Å². The van der Waals surface area contributed by atoms with E-state index in [0.29, 0.717) is 11.4 Å². The summed E-state index contributed by atoms with van der Waals surface area (Å²) < 4.78 is 5.68. The lowest BCUT2D eigenvalue weighted by molar-refractivity contribution is 0.441. The highest BCUT2D eigenvalue weighted by Crippen LogP contribution is 2.33. The topological polar surface area (TPSA) is 70.8 Å². The van der Waals surface area contributed by atoms with Crippen LogP contribution in [-0.4, -0.2) is 16.5 Å². The van der Waals surface area contributed by atoms with Crippen LogP contribution in [0.5, 0.6) is 11.8 Å². The summed E-state index contributed by atoms with van der Waals surface area (Å²) in [4.78, 5) is 8.03. The number of nitrogens with one attached hydrogen (secondary N) is 1. The van der Waals surface area contributed by atoms with Crippen LogP contribution in [0.4, 0.5) is 5.69 Å². The van der Waals surface area contributed by atoms with E-state index < -0.39 is 0 Å². The molecule has 1 aromatic heterocycles. The number of fused-ring (bicyclic) bond motifs is 1. The number of aryl methyl sites for hydroxylation is 1. The molecule has 3 rings (SSSR count). The van der Waals surface area contributed by atoms with Gasteiger partial charge >= 0.3 is 6.01 Å². The van der Waals surface area contributed by atoms with Gasteiger partial charge in [0.2, 0.25) is 0 Å².